The number of primary amides is 1. The van der Waals surface area contributed by atoms with Gasteiger partial charge >= 0.3 is 0 Å². The fourth-order valence-corrected chi connectivity index (χ4v) is 1.22. The molecular formula is C10H13N3O3. The van der Waals surface area contributed by atoms with Gasteiger partial charge in [0.1, 0.15) is 5.75 Å². The molecule has 4 N–H and O–H groups in total. The first kappa shape index (κ1) is 12.0. The summed E-state index contributed by atoms with van der Waals surface area (Å²) in [7, 11) is 0. The van der Waals surface area contributed by atoms with Gasteiger partial charge in [0.15, 0.2) is 5.69 Å². The van der Waals surface area contributed by atoms with Crippen molar-refractivity contribution >= 4 is 11.8 Å². The van der Waals surface area contributed by atoms with E-state index in [1.807, 2.05) is 0 Å². The Labute approximate surface area is 92.5 Å². The van der Waals surface area contributed by atoms with E-state index in [2.05, 4.69) is 10.3 Å². The van der Waals surface area contributed by atoms with Crippen LogP contribution in [0.15, 0.2) is 18.3 Å². The van der Waals surface area contributed by atoms with Crippen molar-refractivity contribution in [3.8, 4) is 5.75 Å². The molecule has 1 unspecified atom stereocenters. The smallest absolute Gasteiger partial charge is 0.273 e. The van der Waals surface area contributed by atoms with E-state index >= 15 is 0 Å². The summed E-state index contributed by atoms with van der Waals surface area (Å²) in [5, 5.41) is 11.9. The van der Waals surface area contributed by atoms with Crippen LogP contribution < -0.4 is 11.1 Å². The second-order valence-corrected chi connectivity index (χ2v) is 3.42. The van der Waals surface area contributed by atoms with Gasteiger partial charge in [-0.1, -0.05) is 0 Å². The second kappa shape index (κ2) is 5.11. The average molecular weight is 223 g/mol. The number of aromatic hydroxyl groups is 1. The molecule has 0 aliphatic carbocycles. The zero-order chi connectivity index (χ0) is 12.1. The van der Waals surface area contributed by atoms with Gasteiger partial charge in [0.25, 0.3) is 5.91 Å². The minimum atomic E-state index is -0.535. The molecule has 0 aromatic carbocycles. The molecule has 0 bridgehead atoms. The Morgan fingerprint density at radius 3 is 2.88 bits per heavy atom. The van der Waals surface area contributed by atoms with Crippen LogP contribution in [0.2, 0.25) is 0 Å². The Balaban J connectivity index is 2.66. The minimum absolute atomic E-state index is 0.0410. The number of carbonyl (C=O) groups is 2. The first-order chi connectivity index (χ1) is 7.50. The van der Waals surface area contributed by atoms with Gasteiger partial charge in [0, 0.05) is 18.7 Å². The molecule has 6 heteroatoms. The topological polar surface area (TPSA) is 105 Å². The molecule has 1 aromatic rings. The summed E-state index contributed by atoms with van der Waals surface area (Å²) in [6, 6.07) is 2.48. The highest BCUT2D eigenvalue weighted by molar-refractivity contribution is 5.95. The lowest BCUT2D eigenvalue weighted by molar-refractivity contribution is -0.118. The van der Waals surface area contributed by atoms with Gasteiger partial charge in [-0.05, 0) is 19.1 Å². The third-order valence-electron chi connectivity index (χ3n) is 1.89. The standard InChI is InChI=1S/C10H13N3O3/c1-6(5-8(11)15)13-10(16)9-7(14)3-2-4-12-9/h2-4,6,14H,5H2,1H3,(H2,11,15)(H,13,16). The van der Waals surface area contributed by atoms with Crippen molar-refractivity contribution < 1.29 is 14.7 Å². The van der Waals surface area contributed by atoms with E-state index in [1.54, 1.807) is 6.92 Å². The van der Waals surface area contributed by atoms with Crippen molar-refractivity contribution in [1.82, 2.24) is 10.3 Å². The number of nitrogens with two attached hydrogens (primary N) is 1. The molecule has 0 spiro atoms. The molecule has 1 aromatic heterocycles. The van der Waals surface area contributed by atoms with Gasteiger partial charge in [-0.15, -0.1) is 0 Å². The van der Waals surface area contributed by atoms with Crippen molar-refractivity contribution in [3.63, 3.8) is 0 Å². The fraction of sp³-hybridized carbons (Fsp3) is 0.300. The van der Waals surface area contributed by atoms with E-state index in [0.717, 1.165) is 0 Å². The maximum atomic E-state index is 11.6. The Bertz CT molecular complexity index is 406. The fourth-order valence-electron chi connectivity index (χ4n) is 1.22. The number of aromatic nitrogens is 1. The van der Waals surface area contributed by atoms with E-state index in [4.69, 9.17) is 5.73 Å². The zero-order valence-corrected chi connectivity index (χ0v) is 8.80. The molecule has 2 amide bonds. The number of amides is 2. The van der Waals surface area contributed by atoms with Gasteiger partial charge in [-0.3, -0.25) is 9.59 Å². The van der Waals surface area contributed by atoms with Crippen LogP contribution >= 0.6 is 0 Å². The van der Waals surface area contributed by atoms with Crippen molar-refractivity contribution in [1.29, 1.82) is 0 Å². The van der Waals surface area contributed by atoms with Crippen LogP contribution in [0.5, 0.6) is 5.75 Å². The number of hydrogen-bond acceptors (Lipinski definition) is 4. The van der Waals surface area contributed by atoms with Crippen molar-refractivity contribution in [2.75, 3.05) is 0 Å². The zero-order valence-electron chi connectivity index (χ0n) is 8.80. The third-order valence-corrected chi connectivity index (χ3v) is 1.89. The lowest BCUT2D eigenvalue weighted by Crippen LogP contribution is -2.36. The summed E-state index contributed by atoms with van der Waals surface area (Å²) in [5.41, 5.74) is 4.91. The highest BCUT2D eigenvalue weighted by atomic mass is 16.3. The molecule has 0 aliphatic rings. The molecule has 0 radical (unpaired) electrons. The number of carbonyl (C=O) groups excluding carboxylic acids is 2. The van der Waals surface area contributed by atoms with E-state index in [-0.39, 0.29) is 17.9 Å². The van der Waals surface area contributed by atoms with Crippen LogP contribution in [-0.4, -0.2) is 27.9 Å². The molecule has 0 saturated heterocycles. The maximum Gasteiger partial charge on any atom is 0.273 e. The quantitative estimate of drug-likeness (QED) is 0.656. The van der Waals surface area contributed by atoms with Gasteiger partial charge in [-0.2, -0.15) is 0 Å². The van der Waals surface area contributed by atoms with Crippen LogP contribution in [-0.2, 0) is 4.79 Å². The Morgan fingerprint density at radius 2 is 2.31 bits per heavy atom. The summed E-state index contributed by atoms with van der Waals surface area (Å²) in [6.07, 6.45) is 1.44. The molecule has 0 aliphatic heterocycles. The van der Waals surface area contributed by atoms with Gasteiger partial charge in [0.05, 0.1) is 0 Å². The van der Waals surface area contributed by atoms with Crippen LogP contribution in [0.1, 0.15) is 23.8 Å². The predicted octanol–water partition coefficient (Wildman–Crippen LogP) is -0.219. The van der Waals surface area contributed by atoms with Gasteiger partial charge in [-0.25, -0.2) is 4.98 Å². The summed E-state index contributed by atoms with van der Waals surface area (Å²) >= 11 is 0. The van der Waals surface area contributed by atoms with Gasteiger partial charge < -0.3 is 16.2 Å². The summed E-state index contributed by atoms with van der Waals surface area (Å²) < 4.78 is 0. The summed E-state index contributed by atoms with van der Waals surface area (Å²) in [6.45, 7) is 1.64. The van der Waals surface area contributed by atoms with Crippen molar-refractivity contribution in [3.05, 3.63) is 24.0 Å². The van der Waals surface area contributed by atoms with Crippen LogP contribution in [0.25, 0.3) is 0 Å². The predicted molar refractivity (Wildman–Crippen MR) is 56.6 cm³/mol. The van der Waals surface area contributed by atoms with Crippen molar-refractivity contribution in [2.24, 2.45) is 5.73 Å². The lowest BCUT2D eigenvalue weighted by Gasteiger charge is -2.11. The molecule has 16 heavy (non-hydrogen) atoms. The monoisotopic (exact) mass is 223 g/mol. The molecule has 0 saturated carbocycles. The van der Waals surface area contributed by atoms with Gasteiger partial charge in [0.2, 0.25) is 5.91 Å². The van der Waals surface area contributed by atoms with E-state index in [9.17, 15) is 14.7 Å². The Kier molecular flexibility index (Phi) is 3.82. The normalized spacial score (nSPS) is 11.8. The van der Waals surface area contributed by atoms with Crippen LogP contribution in [0.3, 0.4) is 0 Å². The first-order valence-corrected chi connectivity index (χ1v) is 4.74. The van der Waals surface area contributed by atoms with Crippen LogP contribution in [0.4, 0.5) is 0 Å². The molecule has 1 heterocycles. The molecule has 6 nitrogen and oxygen atoms in total. The Morgan fingerprint density at radius 1 is 1.62 bits per heavy atom. The van der Waals surface area contributed by atoms with E-state index in [0.29, 0.717) is 0 Å². The maximum absolute atomic E-state index is 11.6. The van der Waals surface area contributed by atoms with Crippen molar-refractivity contribution in [2.45, 2.75) is 19.4 Å². The highest BCUT2D eigenvalue weighted by Gasteiger charge is 2.15. The number of nitrogens with one attached hydrogen (secondary N) is 1. The molecular weight excluding hydrogens is 210 g/mol. The summed E-state index contributed by atoms with van der Waals surface area (Å²) in [5.74, 6) is -1.24. The first-order valence-electron chi connectivity index (χ1n) is 4.74. The molecule has 86 valence electrons. The molecule has 1 atom stereocenters. The lowest BCUT2D eigenvalue weighted by atomic mass is 10.2. The average Bonchev–Trinajstić information content (AvgIpc) is 2.16. The number of nitrogens with zero attached hydrogens (tertiary/aromatic N) is 1. The van der Waals surface area contributed by atoms with E-state index in [1.165, 1.54) is 18.3 Å². The third kappa shape index (κ3) is 3.23. The number of pyridine rings is 1. The Hall–Kier alpha value is -2.11. The molecule has 0 fully saturated rings. The minimum Gasteiger partial charge on any atom is -0.505 e. The van der Waals surface area contributed by atoms with Crippen LogP contribution in [0, 0.1) is 0 Å². The number of rotatable bonds is 4. The largest absolute Gasteiger partial charge is 0.505 e. The van der Waals surface area contributed by atoms with E-state index < -0.39 is 17.9 Å². The molecule has 1 rings (SSSR count). The highest BCUT2D eigenvalue weighted by Crippen LogP contribution is 2.12. The SMILES string of the molecule is CC(CC(N)=O)NC(=O)c1ncccc1O. The number of hydrogen-bond donors (Lipinski definition) is 3. The second-order valence-electron chi connectivity index (χ2n) is 3.42. The summed E-state index contributed by atoms with van der Waals surface area (Å²) in [4.78, 5) is 25.9.